The van der Waals surface area contributed by atoms with E-state index >= 15 is 0 Å². The number of carbonyl (C=O) groups excluding carboxylic acids is 1. The first-order chi connectivity index (χ1) is 10.9. The number of hydrogen-bond donors (Lipinski definition) is 3. The van der Waals surface area contributed by atoms with Crippen LogP contribution in [-0.4, -0.2) is 35.4 Å². The van der Waals surface area contributed by atoms with Crippen molar-refractivity contribution in [1.82, 2.24) is 14.5 Å². The summed E-state index contributed by atoms with van der Waals surface area (Å²) in [6.07, 6.45) is 0. The van der Waals surface area contributed by atoms with Crippen LogP contribution in [-0.2, 0) is 28.1 Å². The number of fused-ring (bicyclic) bond motifs is 1. The third-order valence-electron chi connectivity index (χ3n) is 3.35. The van der Waals surface area contributed by atoms with Gasteiger partial charge in [-0.1, -0.05) is 18.2 Å². The number of aromatic nitrogens is 2. The van der Waals surface area contributed by atoms with Crippen LogP contribution in [0.15, 0.2) is 30.3 Å². The highest BCUT2D eigenvalue weighted by molar-refractivity contribution is 7.86. The van der Waals surface area contributed by atoms with Gasteiger partial charge in [0, 0.05) is 12.1 Å². The zero-order valence-electron chi connectivity index (χ0n) is 12.0. The van der Waals surface area contributed by atoms with E-state index in [0.717, 1.165) is 4.31 Å². The van der Waals surface area contributed by atoms with Gasteiger partial charge in [-0.05, 0) is 12.1 Å². The van der Waals surface area contributed by atoms with Gasteiger partial charge in [0.15, 0.2) is 12.4 Å². The van der Waals surface area contributed by atoms with Crippen molar-refractivity contribution < 1.29 is 17.9 Å². The van der Waals surface area contributed by atoms with Gasteiger partial charge < -0.3 is 10.1 Å². The number of nitrogens with two attached hydrogens (primary N) is 1. The number of aromatic amines is 1. The maximum absolute atomic E-state index is 11.9. The van der Waals surface area contributed by atoms with Crippen molar-refractivity contribution in [3.05, 3.63) is 41.6 Å². The number of benzene rings is 1. The average Bonchev–Trinajstić information content (AvgIpc) is 3.08. The van der Waals surface area contributed by atoms with Gasteiger partial charge in [-0.3, -0.25) is 9.89 Å². The Bertz CT molecular complexity index is 818. The molecule has 0 saturated heterocycles. The number of hydrogen-bond acceptors (Lipinski definition) is 5. The topological polar surface area (TPSA) is 130 Å². The fourth-order valence-electron chi connectivity index (χ4n) is 2.23. The molecule has 2 aromatic rings. The van der Waals surface area contributed by atoms with Crippen molar-refractivity contribution in [2.24, 2.45) is 5.14 Å². The fourth-order valence-corrected chi connectivity index (χ4v) is 2.85. The number of carbonyl (C=O) groups is 1. The molecular weight excluding hydrogens is 322 g/mol. The van der Waals surface area contributed by atoms with Crippen LogP contribution in [0.3, 0.4) is 0 Å². The van der Waals surface area contributed by atoms with Crippen molar-refractivity contribution in [2.45, 2.75) is 13.1 Å². The van der Waals surface area contributed by atoms with Gasteiger partial charge in [-0.25, -0.2) is 5.14 Å². The lowest BCUT2D eigenvalue weighted by Gasteiger charge is -2.11. The molecule has 0 fully saturated rings. The number of ether oxygens (including phenoxy) is 1. The number of rotatable bonds is 5. The second-order valence-corrected chi connectivity index (χ2v) is 6.54. The minimum Gasteiger partial charge on any atom is -0.484 e. The highest BCUT2D eigenvalue weighted by Crippen LogP contribution is 2.27. The predicted octanol–water partition coefficient (Wildman–Crippen LogP) is -0.0537. The molecule has 122 valence electrons. The summed E-state index contributed by atoms with van der Waals surface area (Å²) in [6.45, 7) is 0.00191. The molecule has 0 saturated carbocycles. The van der Waals surface area contributed by atoms with Crippen LogP contribution in [0.5, 0.6) is 5.75 Å². The second-order valence-electron chi connectivity index (χ2n) is 4.99. The van der Waals surface area contributed by atoms with Crippen molar-refractivity contribution in [3.8, 4) is 5.75 Å². The maximum Gasteiger partial charge on any atom is 0.277 e. The number of anilines is 1. The number of nitrogens with one attached hydrogen (secondary N) is 2. The van der Waals surface area contributed by atoms with Gasteiger partial charge in [0.25, 0.3) is 16.1 Å². The molecule has 1 amide bonds. The summed E-state index contributed by atoms with van der Waals surface area (Å²) in [4.78, 5) is 11.9. The van der Waals surface area contributed by atoms with Gasteiger partial charge in [-0.15, -0.1) is 0 Å². The number of nitrogens with zero attached hydrogens (tertiary/aromatic N) is 2. The van der Waals surface area contributed by atoms with Crippen LogP contribution in [0.1, 0.15) is 11.3 Å². The summed E-state index contributed by atoms with van der Waals surface area (Å²) in [5, 5.41) is 14.4. The Morgan fingerprint density at radius 2 is 2.09 bits per heavy atom. The maximum atomic E-state index is 11.9. The third kappa shape index (κ3) is 3.50. The Hall–Kier alpha value is -2.43. The second kappa shape index (κ2) is 5.99. The normalized spacial score (nSPS) is 14.5. The van der Waals surface area contributed by atoms with E-state index in [-0.39, 0.29) is 25.5 Å². The van der Waals surface area contributed by atoms with Crippen LogP contribution >= 0.6 is 0 Å². The van der Waals surface area contributed by atoms with Crippen LogP contribution < -0.4 is 15.2 Å². The lowest BCUT2D eigenvalue weighted by Crippen LogP contribution is -2.32. The molecule has 10 heteroatoms. The Morgan fingerprint density at radius 3 is 2.78 bits per heavy atom. The van der Waals surface area contributed by atoms with E-state index in [0.29, 0.717) is 17.0 Å². The highest BCUT2D eigenvalue weighted by Gasteiger charge is 2.31. The van der Waals surface area contributed by atoms with Crippen molar-refractivity contribution >= 4 is 21.9 Å². The van der Waals surface area contributed by atoms with E-state index in [1.54, 1.807) is 24.3 Å². The van der Waals surface area contributed by atoms with E-state index in [4.69, 9.17) is 9.88 Å². The summed E-state index contributed by atoms with van der Waals surface area (Å²) in [5.41, 5.74) is 1.21. The molecule has 1 aliphatic rings. The van der Waals surface area contributed by atoms with Crippen molar-refractivity contribution in [3.63, 3.8) is 0 Å². The summed E-state index contributed by atoms with van der Waals surface area (Å²) >= 11 is 0. The molecule has 2 heterocycles. The summed E-state index contributed by atoms with van der Waals surface area (Å²) in [6, 6.07) is 8.93. The van der Waals surface area contributed by atoms with Crippen LogP contribution in [0.25, 0.3) is 0 Å². The molecular formula is C13H15N5O4S. The molecule has 0 unspecified atom stereocenters. The lowest BCUT2D eigenvalue weighted by atomic mass is 10.3. The molecule has 1 aliphatic heterocycles. The third-order valence-corrected chi connectivity index (χ3v) is 4.33. The molecule has 0 aliphatic carbocycles. The molecule has 0 atom stereocenters. The molecule has 0 radical (unpaired) electrons. The number of H-pyrrole nitrogens is 1. The molecule has 0 bridgehead atoms. The molecule has 0 spiro atoms. The molecule has 1 aromatic carbocycles. The van der Waals surface area contributed by atoms with Gasteiger partial charge in [0.05, 0.1) is 12.2 Å². The largest absolute Gasteiger partial charge is 0.484 e. The van der Waals surface area contributed by atoms with Crippen molar-refractivity contribution in [2.75, 3.05) is 11.9 Å². The molecule has 3 rings (SSSR count). The van der Waals surface area contributed by atoms with Gasteiger partial charge in [0.1, 0.15) is 5.75 Å². The fraction of sp³-hybridized carbons (Fsp3) is 0.231. The Balaban J connectivity index is 1.61. The van der Waals surface area contributed by atoms with Crippen LogP contribution in [0, 0.1) is 0 Å². The zero-order chi connectivity index (χ0) is 16.4. The first-order valence-electron chi connectivity index (χ1n) is 6.75. The monoisotopic (exact) mass is 337 g/mol. The Morgan fingerprint density at radius 1 is 1.35 bits per heavy atom. The highest BCUT2D eigenvalue weighted by atomic mass is 32.2. The molecule has 1 aromatic heterocycles. The summed E-state index contributed by atoms with van der Waals surface area (Å²) in [7, 11) is -3.78. The molecule has 9 nitrogen and oxygen atoms in total. The Labute approximate surface area is 132 Å². The van der Waals surface area contributed by atoms with Crippen LogP contribution in [0.4, 0.5) is 5.82 Å². The van der Waals surface area contributed by atoms with Gasteiger partial charge in [-0.2, -0.15) is 17.8 Å². The Kier molecular flexibility index (Phi) is 4.03. The minimum absolute atomic E-state index is 0.0693. The summed E-state index contributed by atoms with van der Waals surface area (Å²) in [5.74, 6) is 0.473. The molecule has 23 heavy (non-hydrogen) atoms. The smallest absolute Gasteiger partial charge is 0.277 e. The van der Waals surface area contributed by atoms with Gasteiger partial charge >= 0.3 is 0 Å². The van der Waals surface area contributed by atoms with E-state index < -0.39 is 16.1 Å². The first kappa shape index (κ1) is 15.5. The average molecular weight is 337 g/mol. The summed E-state index contributed by atoms with van der Waals surface area (Å²) < 4.78 is 29.1. The zero-order valence-corrected chi connectivity index (χ0v) is 12.8. The molecule has 4 N–H and O–H groups in total. The van der Waals surface area contributed by atoms with Crippen LogP contribution in [0.2, 0.25) is 0 Å². The number of amides is 1. The van der Waals surface area contributed by atoms with E-state index in [2.05, 4.69) is 15.5 Å². The predicted molar refractivity (Wildman–Crippen MR) is 81.5 cm³/mol. The lowest BCUT2D eigenvalue weighted by molar-refractivity contribution is -0.118. The van der Waals surface area contributed by atoms with E-state index in [1.807, 2.05) is 6.07 Å². The van der Waals surface area contributed by atoms with E-state index in [1.165, 1.54) is 0 Å². The first-order valence-corrected chi connectivity index (χ1v) is 8.25. The van der Waals surface area contributed by atoms with Crippen molar-refractivity contribution in [1.29, 1.82) is 0 Å². The number of para-hydroxylation sites is 1. The minimum atomic E-state index is -3.78. The standard InChI is InChI=1S/C13H15N5O4S/c14-23(20,21)18-6-10-11(7-18)16-17-13(10)15-12(19)8-22-9-4-2-1-3-5-9/h1-5H,6-8H2,(H2,14,20,21)(H2,15,16,17,19). The quantitative estimate of drug-likeness (QED) is 0.704. The SMILES string of the molecule is NS(=O)(=O)N1Cc2[nH]nc(NC(=O)COc3ccccc3)c2C1. The van der Waals surface area contributed by atoms with E-state index in [9.17, 15) is 13.2 Å². The van der Waals surface area contributed by atoms with Gasteiger partial charge in [0.2, 0.25) is 0 Å².